The van der Waals surface area contributed by atoms with Crippen molar-refractivity contribution >= 4 is 32.8 Å². The first-order valence-electron chi connectivity index (χ1n) is 18.4. The fourth-order valence-corrected chi connectivity index (χ4v) is 9.12. The molecule has 0 amide bonds. The first-order valence-corrected chi connectivity index (χ1v) is 18.4. The molecule has 1 aliphatic heterocycles. The number of rotatable bonds is 9. The van der Waals surface area contributed by atoms with Gasteiger partial charge in [-0.1, -0.05) is 117 Å². The number of hydrogen-bond donors (Lipinski definition) is 0. The van der Waals surface area contributed by atoms with Gasteiger partial charge in [-0.2, -0.15) is 4.57 Å². The summed E-state index contributed by atoms with van der Waals surface area (Å²) >= 11 is 0. The lowest BCUT2D eigenvalue weighted by Crippen LogP contribution is -2.67. The molecule has 0 aliphatic carbocycles. The third-order valence-electron chi connectivity index (χ3n) is 12.1. The zero-order valence-corrected chi connectivity index (χ0v) is 30.2. The topological polar surface area (TPSA) is 13.7 Å². The van der Waals surface area contributed by atoms with Crippen molar-refractivity contribution in [3.8, 4) is 17.1 Å². The van der Waals surface area contributed by atoms with Gasteiger partial charge in [0.1, 0.15) is 11.2 Å². The first kappa shape index (κ1) is 31.7. The van der Waals surface area contributed by atoms with Crippen LogP contribution in [0.25, 0.3) is 49.9 Å². The van der Waals surface area contributed by atoms with Crippen molar-refractivity contribution in [1.82, 2.24) is 9.13 Å². The van der Waals surface area contributed by atoms with E-state index in [2.05, 4.69) is 155 Å². The maximum atomic E-state index is 2.75. The van der Waals surface area contributed by atoms with Crippen molar-refractivity contribution in [3.63, 3.8) is 0 Å². The van der Waals surface area contributed by atoms with Gasteiger partial charge in [0.2, 0.25) is 0 Å². The molecule has 0 N–H and O–H groups in total. The number of benzene rings is 4. The summed E-state index contributed by atoms with van der Waals surface area (Å²) in [7, 11) is 0. The average Bonchev–Trinajstić information content (AvgIpc) is 3.60. The number of fused-ring (bicyclic) bond motifs is 8. The Kier molecular flexibility index (Phi) is 7.89. The molecule has 0 radical (unpaired) electrons. The summed E-state index contributed by atoms with van der Waals surface area (Å²) in [5.41, 5.74) is 12.4. The van der Waals surface area contributed by atoms with E-state index in [0.29, 0.717) is 11.8 Å². The number of nitrogens with zero attached hydrogens (tertiary/aromatic N) is 3. The third-order valence-corrected chi connectivity index (χ3v) is 12.1. The van der Waals surface area contributed by atoms with Gasteiger partial charge in [0.15, 0.2) is 11.0 Å². The Labute approximate surface area is 282 Å². The molecule has 1 aliphatic rings. The summed E-state index contributed by atoms with van der Waals surface area (Å²) in [6, 6.07) is 30.3. The quantitative estimate of drug-likeness (QED) is 0.112. The fourth-order valence-electron chi connectivity index (χ4n) is 9.12. The molecule has 6 aromatic rings. The van der Waals surface area contributed by atoms with Gasteiger partial charge in [0, 0.05) is 28.4 Å². The van der Waals surface area contributed by atoms with Gasteiger partial charge >= 0.3 is 0 Å². The smallest absolute Gasteiger partial charge is 0.295 e. The van der Waals surface area contributed by atoms with Crippen molar-refractivity contribution in [3.05, 3.63) is 95.6 Å². The van der Waals surface area contributed by atoms with Crippen LogP contribution in [-0.4, -0.2) is 9.13 Å². The monoisotopic (exact) mass is 624 g/mol. The van der Waals surface area contributed by atoms with E-state index in [1.165, 1.54) is 85.9 Å². The maximum absolute atomic E-state index is 2.75. The van der Waals surface area contributed by atoms with E-state index in [1.807, 2.05) is 0 Å². The summed E-state index contributed by atoms with van der Waals surface area (Å²) < 4.78 is 8.12. The number of unbranched alkanes of at least 4 members (excludes halogenated alkanes) is 2. The van der Waals surface area contributed by atoms with Gasteiger partial charge in [0.25, 0.3) is 5.82 Å². The lowest BCUT2D eigenvalue weighted by Gasteiger charge is -2.47. The van der Waals surface area contributed by atoms with Crippen LogP contribution in [0.4, 0.5) is 0 Å². The van der Waals surface area contributed by atoms with E-state index in [1.54, 1.807) is 0 Å². The Morgan fingerprint density at radius 1 is 0.723 bits per heavy atom. The minimum absolute atomic E-state index is 0.0159. The summed E-state index contributed by atoms with van der Waals surface area (Å²) in [5, 5.41) is 2.78. The molecule has 2 atom stereocenters. The fraction of sp³-hybridized carbons (Fsp3) is 0.432. The third kappa shape index (κ3) is 4.34. The molecule has 0 bridgehead atoms. The number of para-hydroxylation sites is 3. The van der Waals surface area contributed by atoms with Crippen LogP contribution in [0.15, 0.2) is 78.9 Å². The van der Waals surface area contributed by atoms with Crippen LogP contribution in [0.5, 0.6) is 0 Å². The highest BCUT2D eigenvalue weighted by Crippen LogP contribution is 2.52. The number of hydrogen-bond acceptors (Lipinski definition) is 0. The molecule has 0 spiro atoms. The Morgan fingerprint density at radius 3 is 2.06 bits per heavy atom. The standard InChI is InChI=1S/C44H54N3/c1-10-13-20-27-45-36-24-17-15-22-32(36)39-40(45)33(29(4)5)28-34(30(6)7)41(39)46-37-25-18-19-26-38(37)47-42(46)31-21-14-16-23-35(31)43(8,11-2)44(47,9)12-3/h14-19,21-26,28-30H,10-13,20,27H2,1-9H3/q+1. The van der Waals surface area contributed by atoms with Gasteiger partial charge in [0.05, 0.1) is 16.5 Å². The number of imidazole rings is 1. The molecule has 3 heterocycles. The van der Waals surface area contributed by atoms with Crippen LogP contribution in [0.3, 0.4) is 0 Å². The van der Waals surface area contributed by atoms with Crippen LogP contribution < -0.4 is 4.57 Å². The average molecular weight is 625 g/mol. The highest BCUT2D eigenvalue weighted by Gasteiger charge is 2.56. The van der Waals surface area contributed by atoms with Gasteiger partial charge < -0.3 is 4.57 Å². The largest absolute Gasteiger partial charge is 0.340 e. The van der Waals surface area contributed by atoms with E-state index in [4.69, 9.17) is 0 Å². The van der Waals surface area contributed by atoms with E-state index < -0.39 is 0 Å². The van der Waals surface area contributed by atoms with Crippen molar-refractivity contribution in [2.45, 2.75) is 124 Å². The molecule has 2 unspecified atom stereocenters. The van der Waals surface area contributed by atoms with E-state index in [0.717, 1.165) is 19.4 Å². The molecule has 3 heteroatoms. The minimum atomic E-state index is -0.112. The first-order chi connectivity index (χ1) is 22.6. The molecule has 0 fully saturated rings. The number of aromatic nitrogens is 3. The van der Waals surface area contributed by atoms with Gasteiger partial charge in [-0.05, 0) is 79.5 Å². The molecule has 47 heavy (non-hydrogen) atoms. The molecule has 244 valence electrons. The van der Waals surface area contributed by atoms with Crippen LogP contribution in [-0.2, 0) is 17.5 Å². The predicted octanol–water partition coefficient (Wildman–Crippen LogP) is 11.9. The normalized spacial score (nSPS) is 19.4. The van der Waals surface area contributed by atoms with E-state index >= 15 is 0 Å². The lowest BCUT2D eigenvalue weighted by molar-refractivity contribution is -0.743. The highest BCUT2D eigenvalue weighted by atomic mass is 15.2. The summed E-state index contributed by atoms with van der Waals surface area (Å²) in [5.74, 6) is 2.09. The molecule has 7 rings (SSSR count). The SMILES string of the molecule is CCCCCn1c2ccccc2c2c(-n3c4[n+](c5ccccc53)C(C)(CC)C(C)(CC)c3ccccc3-4)c(C(C)C)cc(C(C)C)c21. The molecule has 2 aromatic heterocycles. The molecular formula is C44H54N3+. The Balaban J connectivity index is 1.75. The van der Waals surface area contributed by atoms with Crippen LogP contribution >= 0.6 is 0 Å². The van der Waals surface area contributed by atoms with Gasteiger partial charge in [-0.15, -0.1) is 0 Å². The van der Waals surface area contributed by atoms with E-state index in [9.17, 15) is 0 Å². The highest BCUT2D eigenvalue weighted by molar-refractivity contribution is 6.14. The zero-order chi connectivity index (χ0) is 33.2. The van der Waals surface area contributed by atoms with Gasteiger partial charge in [-0.3, -0.25) is 0 Å². The lowest BCUT2D eigenvalue weighted by atomic mass is 9.61. The molecule has 4 aromatic carbocycles. The Morgan fingerprint density at radius 2 is 1.38 bits per heavy atom. The second-order valence-electron chi connectivity index (χ2n) is 15.2. The van der Waals surface area contributed by atoms with Crippen LogP contribution in [0.1, 0.15) is 123 Å². The van der Waals surface area contributed by atoms with Crippen LogP contribution in [0.2, 0.25) is 0 Å². The predicted molar refractivity (Wildman–Crippen MR) is 201 cm³/mol. The zero-order valence-electron chi connectivity index (χ0n) is 30.2. The second kappa shape index (κ2) is 11.7. The summed E-state index contributed by atoms with van der Waals surface area (Å²) in [6.07, 6.45) is 5.79. The van der Waals surface area contributed by atoms with Crippen molar-refractivity contribution in [2.24, 2.45) is 0 Å². The van der Waals surface area contributed by atoms with Crippen molar-refractivity contribution in [1.29, 1.82) is 0 Å². The summed E-state index contributed by atoms with van der Waals surface area (Å²) in [4.78, 5) is 0. The maximum Gasteiger partial charge on any atom is 0.295 e. The second-order valence-corrected chi connectivity index (χ2v) is 15.2. The van der Waals surface area contributed by atoms with Crippen molar-refractivity contribution < 1.29 is 4.57 Å². The Bertz CT molecular complexity index is 2120. The molecule has 3 nitrogen and oxygen atoms in total. The van der Waals surface area contributed by atoms with E-state index in [-0.39, 0.29) is 11.0 Å². The molecule has 0 saturated carbocycles. The number of aryl methyl sites for hydroxylation is 1. The van der Waals surface area contributed by atoms with Gasteiger partial charge in [-0.25, -0.2) is 4.57 Å². The van der Waals surface area contributed by atoms with Crippen LogP contribution in [0, 0.1) is 0 Å². The minimum Gasteiger partial charge on any atom is -0.340 e. The van der Waals surface area contributed by atoms with Crippen molar-refractivity contribution in [2.75, 3.05) is 0 Å². The molecular weight excluding hydrogens is 571 g/mol. The Hall–Kier alpha value is -3.85. The molecule has 0 saturated heterocycles. The summed E-state index contributed by atoms with van der Waals surface area (Å²) in [6.45, 7) is 22.7.